The first-order valence-electron chi connectivity index (χ1n) is 6.09. The van der Waals surface area contributed by atoms with Crippen LogP contribution in [0.5, 0.6) is 5.75 Å². The summed E-state index contributed by atoms with van der Waals surface area (Å²) >= 11 is 0. The van der Waals surface area contributed by atoms with Crippen LogP contribution in [0.3, 0.4) is 0 Å². The fraction of sp³-hybridized carbons (Fsp3) is 0.357. The predicted octanol–water partition coefficient (Wildman–Crippen LogP) is 1.58. The number of rotatable bonds is 6. The number of hydrogen-bond donors (Lipinski definition) is 2. The van der Waals surface area contributed by atoms with Crippen molar-refractivity contribution >= 4 is 10.9 Å². The topological polar surface area (TPSA) is 54.4 Å². The van der Waals surface area contributed by atoms with Crippen molar-refractivity contribution in [2.75, 3.05) is 20.3 Å². The van der Waals surface area contributed by atoms with E-state index in [1.54, 1.807) is 6.20 Å². The van der Waals surface area contributed by atoms with Crippen LogP contribution in [0.1, 0.15) is 6.42 Å². The highest BCUT2D eigenvalue weighted by Gasteiger charge is 2.06. The number of fused-ring (bicyclic) bond motifs is 1. The normalized spacial score (nSPS) is 12.6. The second-order valence-corrected chi connectivity index (χ2v) is 4.17. The zero-order valence-electron chi connectivity index (χ0n) is 10.5. The number of nitrogens with zero attached hydrogens (tertiary/aromatic N) is 1. The summed E-state index contributed by atoms with van der Waals surface area (Å²) in [7, 11) is 1.87. The summed E-state index contributed by atoms with van der Waals surface area (Å²) in [6.07, 6.45) is 2.45. The third-order valence-electron chi connectivity index (χ3n) is 2.91. The molecule has 0 amide bonds. The molecule has 4 heteroatoms. The van der Waals surface area contributed by atoms with Crippen LogP contribution in [0.4, 0.5) is 0 Å². The highest BCUT2D eigenvalue weighted by Crippen LogP contribution is 2.18. The first-order valence-corrected chi connectivity index (χ1v) is 6.09. The Balaban J connectivity index is 2.03. The standard InChI is InChI=1S/C14H18N2O2/c1-15-12(6-8-17)10-18-13-5-4-11-3-2-7-16-14(11)9-13/h2-5,7,9,12,15,17H,6,8,10H2,1H3. The Bertz CT molecular complexity index is 502. The zero-order chi connectivity index (χ0) is 12.8. The lowest BCUT2D eigenvalue weighted by molar-refractivity contribution is 0.219. The molecule has 1 unspecified atom stereocenters. The van der Waals surface area contributed by atoms with Gasteiger partial charge in [-0.3, -0.25) is 4.98 Å². The molecule has 0 saturated heterocycles. The van der Waals surface area contributed by atoms with Gasteiger partial charge in [-0.05, 0) is 31.7 Å². The van der Waals surface area contributed by atoms with E-state index in [1.165, 1.54) is 0 Å². The van der Waals surface area contributed by atoms with Crippen molar-refractivity contribution in [2.24, 2.45) is 0 Å². The molecule has 96 valence electrons. The van der Waals surface area contributed by atoms with Crippen LogP contribution in [0.2, 0.25) is 0 Å². The Morgan fingerprint density at radius 2 is 2.28 bits per heavy atom. The fourth-order valence-electron chi connectivity index (χ4n) is 1.80. The Labute approximate surface area is 107 Å². The second kappa shape index (κ2) is 6.33. The Hall–Kier alpha value is -1.65. The second-order valence-electron chi connectivity index (χ2n) is 4.17. The van der Waals surface area contributed by atoms with E-state index in [4.69, 9.17) is 9.84 Å². The molecule has 1 heterocycles. The third-order valence-corrected chi connectivity index (χ3v) is 2.91. The summed E-state index contributed by atoms with van der Waals surface area (Å²) < 4.78 is 5.71. The van der Waals surface area contributed by atoms with Crippen molar-refractivity contribution in [1.82, 2.24) is 10.3 Å². The molecule has 0 spiro atoms. The van der Waals surface area contributed by atoms with Crippen LogP contribution in [0, 0.1) is 0 Å². The van der Waals surface area contributed by atoms with Gasteiger partial charge in [0, 0.05) is 30.3 Å². The van der Waals surface area contributed by atoms with Crippen LogP contribution in [-0.2, 0) is 0 Å². The number of aliphatic hydroxyl groups excluding tert-OH is 1. The fourth-order valence-corrected chi connectivity index (χ4v) is 1.80. The molecule has 0 aliphatic carbocycles. The maximum Gasteiger partial charge on any atom is 0.121 e. The van der Waals surface area contributed by atoms with E-state index in [0.29, 0.717) is 13.0 Å². The average Bonchev–Trinajstić information content (AvgIpc) is 2.43. The molecule has 1 aromatic carbocycles. The van der Waals surface area contributed by atoms with Crippen molar-refractivity contribution in [3.8, 4) is 5.75 Å². The molecule has 0 radical (unpaired) electrons. The van der Waals surface area contributed by atoms with Crippen molar-refractivity contribution in [1.29, 1.82) is 0 Å². The van der Waals surface area contributed by atoms with E-state index in [9.17, 15) is 0 Å². The number of aliphatic hydroxyl groups is 1. The van der Waals surface area contributed by atoms with Gasteiger partial charge in [0.25, 0.3) is 0 Å². The van der Waals surface area contributed by atoms with Gasteiger partial charge in [0.15, 0.2) is 0 Å². The van der Waals surface area contributed by atoms with Crippen molar-refractivity contribution in [2.45, 2.75) is 12.5 Å². The molecule has 1 atom stereocenters. The van der Waals surface area contributed by atoms with Crippen molar-refractivity contribution in [3.05, 3.63) is 36.5 Å². The summed E-state index contributed by atoms with van der Waals surface area (Å²) in [6.45, 7) is 0.698. The number of aromatic nitrogens is 1. The number of likely N-dealkylation sites (N-methyl/N-ethyl adjacent to an activating group) is 1. The van der Waals surface area contributed by atoms with Gasteiger partial charge in [0.1, 0.15) is 12.4 Å². The Kier molecular flexibility index (Phi) is 4.50. The SMILES string of the molecule is CNC(CCO)COc1ccc2cccnc2c1. The van der Waals surface area contributed by atoms with E-state index < -0.39 is 0 Å². The molecule has 0 saturated carbocycles. The van der Waals surface area contributed by atoms with Crippen molar-refractivity contribution < 1.29 is 9.84 Å². The Morgan fingerprint density at radius 1 is 1.39 bits per heavy atom. The minimum atomic E-state index is 0.161. The lowest BCUT2D eigenvalue weighted by Crippen LogP contribution is -2.32. The molecule has 2 N–H and O–H groups in total. The summed E-state index contributed by atoms with van der Waals surface area (Å²) in [5.41, 5.74) is 0.929. The third kappa shape index (κ3) is 3.18. The zero-order valence-corrected chi connectivity index (χ0v) is 10.5. The average molecular weight is 246 g/mol. The monoisotopic (exact) mass is 246 g/mol. The molecule has 0 fully saturated rings. The predicted molar refractivity (Wildman–Crippen MR) is 71.8 cm³/mol. The van der Waals surface area contributed by atoms with Crippen LogP contribution in [-0.4, -0.2) is 36.4 Å². The highest BCUT2D eigenvalue weighted by molar-refractivity contribution is 5.79. The molecule has 4 nitrogen and oxygen atoms in total. The minimum Gasteiger partial charge on any atom is -0.492 e. The summed E-state index contributed by atoms with van der Waals surface area (Å²) in [5.74, 6) is 0.805. The molecular weight excluding hydrogens is 228 g/mol. The van der Waals surface area contributed by atoms with E-state index >= 15 is 0 Å². The van der Waals surface area contributed by atoms with Gasteiger partial charge in [-0.25, -0.2) is 0 Å². The number of pyridine rings is 1. The van der Waals surface area contributed by atoms with Crippen LogP contribution >= 0.6 is 0 Å². The van der Waals surface area contributed by atoms with Gasteiger partial charge in [-0.15, -0.1) is 0 Å². The molecule has 0 aliphatic heterocycles. The number of hydrogen-bond acceptors (Lipinski definition) is 4. The summed E-state index contributed by atoms with van der Waals surface area (Å²) in [4.78, 5) is 4.29. The van der Waals surface area contributed by atoms with Gasteiger partial charge >= 0.3 is 0 Å². The maximum absolute atomic E-state index is 8.90. The quantitative estimate of drug-likeness (QED) is 0.812. The van der Waals surface area contributed by atoms with E-state index in [1.807, 2.05) is 37.4 Å². The molecule has 0 aliphatic rings. The summed E-state index contributed by atoms with van der Waals surface area (Å²) in [6, 6.07) is 9.97. The first kappa shape index (κ1) is 12.8. The number of nitrogens with one attached hydrogen (secondary N) is 1. The van der Waals surface area contributed by atoms with Gasteiger partial charge < -0.3 is 15.2 Å². The smallest absolute Gasteiger partial charge is 0.121 e. The lowest BCUT2D eigenvalue weighted by atomic mass is 10.2. The molecule has 2 aromatic rings. The van der Waals surface area contributed by atoms with Crippen LogP contribution in [0.25, 0.3) is 10.9 Å². The van der Waals surface area contributed by atoms with Crippen LogP contribution in [0.15, 0.2) is 36.5 Å². The number of ether oxygens (including phenoxy) is 1. The minimum absolute atomic E-state index is 0.161. The molecular formula is C14H18N2O2. The first-order chi connectivity index (χ1) is 8.83. The molecule has 1 aromatic heterocycles. The van der Waals surface area contributed by atoms with E-state index in [2.05, 4.69) is 10.3 Å². The Morgan fingerprint density at radius 3 is 3.06 bits per heavy atom. The van der Waals surface area contributed by atoms with Crippen LogP contribution < -0.4 is 10.1 Å². The van der Waals surface area contributed by atoms with Gasteiger partial charge in [-0.1, -0.05) is 6.07 Å². The van der Waals surface area contributed by atoms with Gasteiger partial charge in [0.05, 0.1) is 5.52 Å². The largest absolute Gasteiger partial charge is 0.492 e. The lowest BCUT2D eigenvalue weighted by Gasteiger charge is -2.15. The maximum atomic E-state index is 8.90. The molecule has 2 rings (SSSR count). The number of benzene rings is 1. The van der Waals surface area contributed by atoms with Gasteiger partial charge in [0.2, 0.25) is 0 Å². The van der Waals surface area contributed by atoms with Gasteiger partial charge in [-0.2, -0.15) is 0 Å². The molecule has 0 bridgehead atoms. The molecule has 18 heavy (non-hydrogen) atoms. The highest BCUT2D eigenvalue weighted by atomic mass is 16.5. The summed E-state index contributed by atoms with van der Waals surface area (Å²) in [5, 5.41) is 13.1. The van der Waals surface area contributed by atoms with E-state index in [-0.39, 0.29) is 12.6 Å². The van der Waals surface area contributed by atoms with Crippen molar-refractivity contribution in [3.63, 3.8) is 0 Å². The van der Waals surface area contributed by atoms with E-state index in [0.717, 1.165) is 16.7 Å².